The van der Waals surface area contributed by atoms with Gasteiger partial charge in [-0.15, -0.1) is 12.4 Å². The van der Waals surface area contributed by atoms with Crippen molar-refractivity contribution in [3.8, 4) is 11.5 Å². The van der Waals surface area contributed by atoms with Gasteiger partial charge in [0.2, 0.25) is 0 Å². The van der Waals surface area contributed by atoms with Crippen molar-refractivity contribution in [3.63, 3.8) is 0 Å². The van der Waals surface area contributed by atoms with Gasteiger partial charge in [-0.3, -0.25) is 9.69 Å². The van der Waals surface area contributed by atoms with E-state index >= 15 is 0 Å². The first kappa shape index (κ1) is 19.1. The molecule has 5 heteroatoms. The zero-order valence-corrected chi connectivity index (χ0v) is 15.7. The van der Waals surface area contributed by atoms with Crippen molar-refractivity contribution in [2.24, 2.45) is 5.92 Å². The van der Waals surface area contributed by atoms with Gasteiger partial charge < -0.3 is 9.47 Å². The molecule has 1 aromatic carbocycles. The topological polar surface area (TPSA) is 38.8 Å². The third kappa shape index (κ3) is 3.55. The number of carbonyl (C=O) groups excluding carboxylic acids is 1. The minimum atomic E-state index is 0. The van der Waals surface area contributed by atoms with Crippen molar-refractivity contribution in [1.29, 1.82) is 0 Å². The van der Waals surface area contributed by atoms with Crippen LogP contribution in [-0.4, -0.2) is 38.0 Å². The number of ether oxygens (including phenoxy) is 2. The highest BCUT2D eigenvalue weighted by Gasteiger charge is 2.38. The standard InChI is InChI=1S/C19H27NO3.ClH/c1-4-5-6-14-12-20-8-7-13-9-18(22-2)19(23-3)10-15(13)16(20)11-17(14)21;/h9-10,14,16H,4-8,11-12H2,1-3H3;1H. The van der Waals surface area contributed by atoms with Crippen molar-refractivity contribution in [2.45, 2.75) is 45.1 Å². The van der Waals surface area contributed by atoms with Gasteiger partial charge in [-0.05, 0) is 36.1 Å². The number of Topliss-reactive ketones (excluding diaryl/α,β-unsaturated/α-hetero) is 1. The third-order valence-electron chi connectivity index (χ3n) is 5.32. The summed E-state index contributed by atoms with van der Waals surface area (Å²) < 4.78 is 10.9. The molecule has 0 bridgehead atoms. The van der Waals surface area contributed by atoms with E-state index in [0.29, 0.717) is 12.2 Å². The Morgan fingerprint density at radius 3 is 2.58 bits per heavy atom. The first-order valence-corrected chi connectivity index (χ1v) is 8.69. The molecule has 0 N–H and O–H groups in total. The van der Waals surface area contributed by atoms with Crippen molar-refractivity contribution in [1.82, 2.24) is 4.90 Å². The number of piperidine rings is 1. The molecule has 2 aliphatic heterocycles. The maximum Gasteiger partial charge on any atom is 0.161 e. The van der Waals surface area contributed by atoms with Gasteiger partial charge in [-0.25, -0.2) is 0 Å². The SMILES string of the molecule is CCCCC1CN2CCc3cc(OC)c(OC)cc3C2CC1=O.Cl. The Kier molecular flexibility index (Phi) is 6.53. The molecular formula is C19H28ClNO3. The lowest BCUT2D eigenvalue weighted by molar-refractivity contribution is -0.129. The number of hydrogen-bond donors (Lipinski definition) is 0. The molecule has 2 heterocycles. The molecule has 0 saturated carbocycles. The third-order valence-corrected chi connectivity index (χ3v) is 5.32. The molecule has 0 radical (unpaired) electrons. The zero-order chi connectivity index (χ0) is 16.4. The monoisotopic (exact) mass is 353 g/mol. The molecule has 24 heavy (non-hydrogen) atoms. The predicted molar refractivity (Wildman–Crippen MR) is 97.5 cm³/mol. The molecule has 134 valence electrons. The van der Waals surface area contributed by atoms with Crippen LogP contribution < -0.4 is 9.47 Å². The Morgan fingerprint density at radius 1 is 1.21 bits per heavy atom. The van der Waals surface area contributed by atoms with E-state index in [1.54, 1.807) is 14.2 Å². The molecule has 2 aliphatic rings. The minimum absolute atomic E-state index is 0. The second-order valence-electron chi connectivity index (χ2n) is 6.68. The minimum Gasteiger partial charge on any atom is -0.493 e. The summed E-state index contributed by atoms with van der Waals surface area (Å²) in [7, 11) is 3.33. The Bertz CT molecular complexity index is 590. The van der Waals surface area contributed by atoms with Gasteiger partial charge >= 0.3 is 0 Å². The lowest BCUT2D eigenvalue weighted by Gasteiger charge is -2.43. The number of benzene rings is 1. The van der Waals surface area contributed by atoms with Crippen LogP contribution in [0.1, 0.15) is 49.8 Å². The molecule has 3 rings (SSSR count). The van der Waals surface area contributed by atoms with Gasteiger partial charge in [0.1, 0.15) is 5.78 Å². The summed E-state index contributed by atoms with van der Waals surface area (Å²) in [6, 6.07) is 4.37. The smallest absolute Gasteiger partial charge is 0.161 e. The van der Waals surface area contributed by atoms with E-state index < -0.39 is 0 Å². The molecule has 1 aromatic rings. The van der Waals surface area contributed by atoms with Crippen LogP contribution in [0.4, 0.5) is 0 Å². The van der Waals surface area contributed by atoms with Crippen molar-refractivity contribution in [3.05, 3.63) is 23.3 Å². The normalized spacial score (nSPS) is 23.0. The van der Waals surface area contributed by atoms with E-state index in [0.717, 1.165) is 50.3 Å². The summed E-state index contributed by atoms with van der Waals surface area (Å²) in [4.78, 5) is 15.1. The number of halogens is 1. The number of hydrogen-bond acceptors (Lipinski definition) is 4. The number of methoxy groups -OCH3 is 2. The number of nitrogens with zero attached hydrogens (tertiary/aromatic N) is 1. The van der Waals surface area contributed by atoms with Gasteiger partial charge in [-0.1, -0.05) is 19.8 Å². The maximum absolute atomic E-state index is 12.6. The van der Waals surface area contributed by atoms with Crippen LogP contribution >= 0.6 is 12.4 Å². The maximum atomic E-state index is 12.6. The first-order valence-electron chi connectivity index (χ1n) is 8.69. The zero-order valence-electron chi connectivity index (χ0n) is 14.8. The van der Waals surface area contributed by atoms with Crippen LogP contribution in [-0.2, 0) is 11.2 Å². The highest BCUT2D eigenvalue weighted by Crippen LogP contribution is 2.42. The van der Waals surface area contributed by atoms with Crippen LogP contribution in [0.5, 0.6) is 11.5 Å². The lowest BCUT2D eigenvalue weighted by Crippen LogP contribution is -2.46. The Hall–Kier alpha value is -1.26. The summed E-state index contributed by atoms with van der Waals surface area (Å²) in [6.45, 7) is 4.13. The first-order chi connectivity index (χ1) is 11.2. The number of unbranched alkanes of at least 4 members (excludes halogenated alkanes) is 1. The lowest BCUT2D eigenvalue weighted by atomic mass is 9.81. The van der Waals surface area contributed by atoms with E-state index in [1.165, 1.54) is 11.1 Å². The van der Waals surface area contributed by atoms with E-state index in [2.05, 4.69) is 24.0 Å². The van der Waals surface area contributed by atoms with Crippen LogP contribution in [0.15, 0.2) is 12.1 Å². The molecule has 0 spiro atoms. The summed E-state index contributed by atoms with van der Waals surface area (Å²) in [6.07, 6.45) is 5.00. The number of rotatable bonds is 5. The number of carbonyl (C=O) groups is 1. The van der Waals surface area contributed by atoms with Crippen LogP contribution in [0.2, 0.25) is 0 Å². The highest BCUT2D eigenvalue weighted by molar-refractivity contribution is 5.85. The fraction of sp³-hybridized carbons (Fsp3) is 0.632. The van der Waals surface area contributed by atoms with E-state index in [9.17, 15) is 4.79 Å². The number of fused-ring (bicyclic) bond motifs is 3. The largest absolute Gasteiger partial charge is 0.493 e. The Balaban J connectivity index is 0.00000208. The van der Waals surface area contributed by atoms with Gasteiger partial charge in [0.05, 0.1) is 14.2 Å². The average molecular weight is 354 g/mol. The highest BCUT2D eigenvalue weighted by atomic mass is 35.5. The summed E-state index contributed by atoms with van der Waals surface area (Å²) >= 11 is 0. The summed E-state index contributed by atoms with van der Waals surface area (Å²) in [5.74, 6) is 2.20. The summed E-state index contributed by atoms with van der Waals surface area (Å²) in [5.41, 5.74) is 2.54. The van der Waals surface area contributed by atoms with Gasteiger partial charge in [0.25, 0.3) is 0 Å². The Morgan fingerprint density at radius 2 is 1.92 bits per heavy atom. The van der Waals surface area contributed by atoms with Crippen molar-refractivity contribution < 1.29 is 14.3 Å². The van der Waals surface area contributed by atoms with Crippen molar-refractivity contribution >= 4 is 18.2 Å². The fourth-order valence-electron chi connectivity index (χ4n) is 3.98. The van der Waals surface area contributed by atoms with Crippen molar-refractivity contribution in [2.75, 3.05) is 27.3 Å². The van der Waals surface area contributed by atoms with Gasteiger partial charge in [0.15, 0.2) is 11.5 Å². The van der Waals surface area contributed by atoms with Crippen LogP contribution in [0.25, 0.3) is 0 Å². The molecular weight excluding hydrogens is 326 g/mol. The molecule has 0 aliphatic carbocycles. The second-order valence-corrected chi connectivity index (χ2v) is 6.68. The average Bonchev–Trinajstić information content (AvgIpc) is 2.58. The molecule has 1 fully saturated rings. The quantitative estimate of drug-likeness (QED) is 0.807. The molecule has 0 amide bonds. The van der Waals surface area contributed by atoms with Gasteiger partial charge in [0, 0.05) is 31.5 Å². The molecule has 4 nitrogen and oxygen atoms in total. The van der Waals surface area contributed by atoms with E-state index in [1.807, 2.05) is 0 Å². The fourth-order valence-corrected chi connectivity index (χ4v) is 3.98. The summed E-state index contributed by atoms with van der Waals surface area (Å²) in [5, 5.41) is 0. The van der Waals surface area contributed by atoms with E-state index in [4.69, 9.17) is 9.47 Å². The van der Waals surface area contributed by atoms with E-state index in [-0.39, 0.29) is 24.4 Å². The molecule has 0 aromatic heterocycles. The van der Waals surface area contributed by atoms with Crippen LogP contribution in [0, 0.1) is 5.92 Å². The molecule has 2 atom stereocenters. The molecule has 2 unspecified atom stereocenters. The Labute approximate surface area is 150 Å². The number of ketones is 1. The predicted octanol–water partition coefficient (Wildman–Crippen LogP) is 3.80. The van der Waals surface area contributed by atoms with Crippen LogP contribution in [0.3, 0.4) is 0 Å². The molecule has 1 saturated heterocycles. The van der Waals surface area contributed by atoms with Gasteiger partial charge in [-0.2, -0.15) is 0 Å². The second kappa shape index (κ2) is 8.21.